The van der Waals surface area contributed by atoms with Gasteiger partial charge in [-0.15, -0.1) is 11.3 Å². The van der Waals surface area contributed by atoms with Crippen LogP contribution in [-0.2, 0) is 17.7 Å². The van der Waals surface area contributed by atoms with Crippen molar-refractivity contribution in [3.05, 3.63) is 56.7 Å². The highest BCUT2D eigenvalue weighted by Gasteiger charge is 2.28. The highest BCUT2D eigenvalue weighted by molar-refractivity contribution is 7.10. The summed E-state index contributed by atoms with van der Waals surface area (Å²) in [6.45, 7) is 5.73. The number of thiophene rings is 1. The topological polar surface area (TPSA) is 40.1 Å². The van der Waals surface area contributed by atoms with Gasteiger partial charge in [0, 0.05) is 62.7 Å². The quantitative estimate of drug-likeness (QED) is 0.537. The predicted molar refractivity (Wildman–Crippen MR) is 126 cm³/mol. The molecule has 0 bridgehead atoms. The van der Waals surface area contributed by atoms with E-state index in [1.54, 1.807) is 7.11 Å². The molecule has 5 nitrogen and oxygen atoms in total. The normalized spacial score (nSPS) is 21.0. The fraction of sp³-hybridized carbons (Fsp3) is 0.522. The summed E-state index contributed by atoms with van der Waals surface area (Å²) in [6, 6.07) is 10.8. The van der Waals surface area contributed by atoms with E-state index in [2.05, 4.69) is 43.7 Å². The van der Waals surface area contributed by atoms with Crippen molar-refractivity contribution in [3.63, 3.8) is 0 Å². The van der Waals surface area contributed by atoms with Crippen LogP contribution in [0.1, 0.15) is 28.5 Å². The Balaban J connectivity index is 1.47. The molecule has 0 radical (unpaired) electrons. The molecule has 30 heavy (non-hydrogen) atoms. The van der Waals surface area contributed by atoms with Gasteiger partial charge in [0.25, 0.3) is 0 Å². The monoisotopic (exact) mass is 446 g/mol. The molecule has 0 spiro atoms. The van der Waals surface area contributed by atoms with Crippen LogP contribution in [0.2, 0.25) is 5.02 Å². The van der Waals surface area contributed by atoms with Gasteiger partial charge in [-0.2, -0.15) is 0 Å². The third-order valence-corrected chi connectivity index (χ3v) is 7.46. The molecule has 7 heteroatoms. The summed E-state index contributed by atoms with van der Waals surface area (Å²) < 4.78 is 5.35. The highest BCUT2D eigenvalue weighted by atomic mass is 35.5. The molecule has 2 unspecified atom stereocenters. The second kappa shape index (κ2) is 10.1. The summed E-state index contributed by atoms with van der Waals surface area (Å²) in [6.07, 6.45) is 2.28. The summed E-state index contributed by atoms with van der Waals surface area (Å²) >= 11 is 8.05. The van der Waals surface area contributed by atoms with Gasteiger partial charge < -0.3 is 15.0 Å². The van der Waals surface area contributed by atoms with Crippen LogP contribution in [0.4, 0.5) is 0 Å². The third kappa shape index (κ3) is 4.99. The van der Waals surface area contributed by atoms with Crippen molar-refractivity contribution in [1.82, 2.24) is 15.1 Å². The summed E-state index contributed by atoms with van der Waals surface area (Å²) in [5.41, 5.74) is 2.76. The number of aliphatic imine (C=N–C) groups is 1. The van der Waals surface area contributed by atoms with Crippen molar-refractivity contribution in [2.45, 2.75) is 25.4 Å². The van der Waals surface area contributed by atoms with Gasteiger partial charge in [0.15, 0.2) is 5.96 Å². The number of hydrogen-bond donors (Lipinski definition) is 1. The number of nitrogens with one attached hydrogen (secondary N) is 1. The number of hydrogen-bond acceptors (Lipinski definition) is 4. The van der Waals surface area contributed by atoms with Gasteiger partial charge in [0.2, 0.25) is 0 Å². The molecule has 1 saturated heterocycles. The molecule has 2 atom stereocenters. The summed E-state index contributed by atoms with van der Waals surface area (Å²) in [7, 11) is 3.66. The van der Waals surface area contributed by atoms with E-state index < -0.39 is 0 Å². The van der Waals surface area contributed by atoms with Crippen LogP contribution in [0.15, 0.2) is 40.7 Å². The summed E-state index contributed by atoms with van der Waals surface area (Å²) in [5, 5.41) is 6.66. The van der Waals surface area contributed by atoms with Crippen molar-refractivity contribution in [2.75, 3.05) is 46.9 Å². The number of methoxy groups -OCH3 is 1. The minimum atomic E-state index is 0.268. The molecule has 2 aliphatic rings. The maximum atomic E-state index is 6.17. The lowest BCUT2D eigenvalue weighted by atomic mass is 10.0. The number of fused-ring (bicyclic) bond motifs is 1. The van der Waals surface area contributed by atoms with Gasteiger partial charge in [-0.3, -0.25) is 9.89 Å². The highest BCUT2D eigenvalue weighted by Crippen LogP contribution is 2.31. The van der Waals surface area contributed by atoms with Crippen molar-refractivity contribution >= 4 is 28.9 Å². The molecule has 3 heterocycles. The van der Waals surface area contributed by atoms with E-state index in [-0.39, 0.29) is 6.04 Å². The molecular weight excluding hydrogens is 416 g/mol. The molecule has 2 aromatic rings. The Labute approximate surface area is 188 Å². The SMILES string of the molecule is CN=C(NCC(c1ccc(Cl)cc1)N1CCc2sccc2C1)N1CCC(COC)C1. The first kappa shape index (κ1) is 21.6. The van der Waals surface area contributed by atoms with E-state index >= 15 is 0 Å². The Bertz CT molecular complexity index is 853. The zero-order valence-electron chi connectivity index (χ0n) is 17.8. The standard InChI is InChI=1S/C23H31ClN4OS/c1-25-23(28-10-7-17(14-28)16-29-2)26-13-21(18-3-5-20(24)6-4-18)27-11-8-22-19(15-27)9-12-30-22/h3-6,9,12,17,21H,7-8,10-11,13-16H2,1-2H3,(H,25,26). The predicted octanol–water partition coefficient (Wildman–Crippen LogP) is 4.04. The molecule has 1 aromatic carbocycles. The second-order valence-electron chi connectivity index (χ2n) is 8.14. The van der Waals surface area contributed by atoms with Crippen molar-refractivity contribution < 1.29 is 4.74 Å². The van der Waals surface area contributed by atoms with Crippen LogP contribution in [0, 0.1) is 5.92 Å². The van der Waals surface area contributed by atoms with Crippen LogP contribution in [0.5, 0.6) is 0 Å². The molecule has 0 amide bonds. The molecule has 0 saturated carbocycles. The fourth-order valence-corrected chi connectivity index (χ4v) is 5.61. The van der Waals surface area contributed by atoms with Gasteiger partial charge in [0.05, 0.1) is 12.6 Å². The number of halogens is 1. The first-order chi connectivity index (χ1) is 14.7. The zero-order valence-corrected chi connectivity index (χ0v) is 19.4. The molecule has 2 aliphatic heterocycles. The first-order valence-electron chi connectivity index (χ1n) is 10.7. The van der Waals surface area contributed by atoms with E-state index in [9.17, 15) is 0 Å². The summed E-state index contributed by atoms with van der Waals surface area (Å²) in [5.74, 6) is 1.57. The fourth-order valence-electron chi connectivity index (χ4n) is 4.60. The number of ether oxygens (including phenoxy) is 1. The number of guanidine groups is 1. The summed E-state index contributed by atoms with van der Waals surface area (Å²) in [4.78, 5) is 11.0. The Morgan fingerprint density at radius 2 is 2.13 bits per heavy atom. The molecule has 1 aromatic heterocycles. The number of nitrogens with zero attached hydrogens (tertiary/aromatic N) is 3. The smallest absolute Gasteiger partial charge is 0.193 e. The van der Waals surface area contributed by atoms with Crippen LogP contribution in [0.3, 0.4) is 0 Å². The van der Waals surface area contributed by atoms with Crippen LogP contribution in [-0.4, -0.2) is 62.7 Å². The average Bonchev–Trinajstić information content (AvgIpc) is 3.41. The van der Waals surface area contributed by atoms with Gasteiger partial charge in [-0.1, -0.05) is 23.7 Å². The van der Waals surface area contributed by atoms with Crippen LogP contribution >= 0.6 is 22.9 Å². The average molecular weight is 447 g/mol. The van der Waals surface area contributed by atoms with Gasteiger partial charge in [-0.25, -0.2) is 0 Å². The minimum absolute atomic E-state index is 0.268. The van der Waals surface area contributed by atoms with Crippen molar-refractivity contribution in [2.24, 2.45) is 10.9 Å². The lowest BCUT2D eigenvalue weighted by Gasteiger charge is -2.36. The van der Waals surface area contributed by atoms with Crippen LogP contribution in [0.25, 0.3) is 0 Å². The number of likely N-dealkylation sites (tertiary alicyclic amines) is 1. The third-order valence-electron chi connectivity index (χ3n) is 6.19. The largest absolute Gasteiger partial charge is 0.384 e. The van der Waals surface area contributed by atoms with Gasteiger partial charge in [0.1, 0.15) is 0 Å². The molecule has 0 aliphatic carbocycles. The van der Waals surface area contributed by atoms with Gasteiger partial charge >= 0.3 is 0 Å². The minimum Gasteiger partial charge on any atom is -0.384 e. The zero-order chi connectivity index (χ0) is 20.9. The molecule has 1 fully saturated rings. The van der Waals surface area contributed by atoms with Crippen molar-refractivity contribution in [3.8, 4) is 0 Å². The van der Waals surface area contributed by atoms with E-state index in [1.807, 2.05) is 30.5 Å². The molecule has 4 rings (SSSR count). The Kier molecular flexibility index (Phi) is 7.31. The molecule has 1 N–H and O–H groups in total. The van der Waals surface area contributed by atoms with Gasteiger partial charge in [-0.05, 0) is 47.5 Å². The maximum absolute atomic E-state index is 6.17. The molecule has 162 valence electrons. The molecular formula is C23H31ClN4OS. The van der Waals surface area contributed by atoms with E-state index in [4.69, 9.17) is 16.3 Å². The van der Waals surface area contributed by atoms with E-state index in [0.29, 0.717) is 5.92 Å². The first-order valence-corrected chi connectivity index (χ1v) is 11.9. The van der Waals surface area contributed by atoms with E-state index in [1.165, 1.54) is 16.0 Å². The maximum Gasteiger partial charge on any atom is 0.193 e. The Hall–Kier alpha value is -1.60. The lowest BCUT2D eigenvalue weighted by molar-refractivity contribution is 0.157. The number of rotatable bonds is 6. The Morgan fingerprint density at radius 1 is 1.30 bits per heavy atom. The van der Waals surface area contributed by atoms with Crippen molar-refractivity contribution in [1.29, 1.82) is 0 Å². The Morgan fingerprint density at radius 3 is 2.90 bits per heavy atom. The van der Waals surface area contributed by atoms with E-state index in [0.717, 1.165) is 63.2 Å². The number of benzene rings is 1. The lowest BCUT2D eigenvalue weighted by Crippen LogP contribution is -2.45. The second-order valence-corrected chi connectivity index (χ2v) is 9.58. The van der Waals surface area contributed by atoms with Crippen LogP contribution < -0.4 is 5.32 Å².